The molecule has 0 saturated heterocycles. The first-order chi connectivity index (χ1) is 16.1. The van der Waals surface area contributed by atoms with Crippen molar-refractivity contribution in [3.8, 4) is 22.8 Å². The second kappa shape index (κ2) is 9.02. The maximum Gasteiger partial charge on any atom is 0.270 e. The Kier molecular flexibility index (Phi) is 6.12. The Morgan fingerprint density at radius 2 is 1.74 bits per heavy atom. The van der Waals surface area contributed by atoms with E-state index in [9.17, 15) is 8.42 Å². The molecule has 11 heteroatoms. The van der Waals surface area contributed by atoms with Gasteiger partial charge in [0.15, 0.2) is 21.3 Å². The minimum absolute atomic E-state index is 0.00301. The number of nitrogens with two attached hydrogens (primary N) is 2. The lowest BCUT2D eigenvalue weighted by Gasteiger charge is -2.09. The van der Waals surface area contributed by atoms with Crippen LogP contribution in [-0.4, -0.2) is 39.7 Å². The van der Waals surface area contributed by atoms with Gasteiger partial charge in [-0.1, -0.05) is 36.4 Å². The number of nitrogen functional groups attached to an aromatic ring is 2. The van der Waals surface area contributed by atoms with Crippen LogP contribution < -0.4 is 11.5 Å². The molecule has 0 aliphatic rings. The number of hydrogen-bond acceptors (Lipinski definition) is 9. The number of sulfone groups is 1. The summed E-state index contributed by atoms with van der Waals surface area (Å²) < 4.78 is 30.5. The number of benzene rings is 2. The van der Waals surface area contributed by atoms with Gasteiger partial charge in [-0.3, -0.25) is 5.41 Å². The van der Waals surface area contributed by atoms with Crippen molar-refractivity contribution in [3.63, 3.8) is 0 Å². The van der Waals surface area contributed by atoms with Gasteiger partial charge in [-0.25, -0.2) is 18.4 Å². The van der Waals surface area contributed by atoms with E-state index < -0.39 is 15.1 Å². The molecule has 0 spiro atoms. The van der Waals surface area contributed by atoms with E-state index >= 15 is 0 Å². The minimum Gasteiger partial charge on any atom is -0.419 e. The van der Waals surface area contributed by atoms with Gasteiger partial charge in [0.1, 0.15) is 5.84 Å². The fraction of sp³-hybridized carbons (Fsp3) is 0.174. The highest BCUT2D eigenvalue weighted by atomic mass is 32.2. The van der Waals surface area contributed by atoms with Gasteiger partial charge in [0, 0.05) is 11.1 Å². The van der Waals surface area contributed by atoms with Crippen molar-refractivity contribution >= 4 is 21.5 Å². The summed E-state index contributed by atoms with van der Waals surface area (Å²) in [5.74, 6) is 0.613. The number of amidine groups is 1. The van der Waals surface area contributed by atoms with Gasteiger partial charge >= 0.3 is 0 Å². The second-order valence-electron chi connectivity index (χ2n) is 7.90. The minimum atomic E-state index is -3.37. The van der Waals surface area contributed by atoms with Gasteiger partial charge in [-0.15, -0.1) is 10.2 Å². The highest BCUT2D eigenvalue weighted by Gasteiger charge is 2.20. The van der Waals surface area contributed by atoms with Crippen LogP contribution in [0.15, 0.2) is 64.0 Å². The molecule has 2 heterocycles. The van der Waals surface area contributed by atoms with Crippen molar-refractivity contribution in [2.24, 2.45) is 5.73 Å². The summed E-state index contributed by atoms with van der Waals surface area (Å²) in [7, 11) is -3.37. The summed E-state index contributed by atoms with van der Waals surface area (Å²) >= 11 is 0. The van der Waals surface area contributed by atoms with Gasteiger partial charge in [0.05, 0.1) is 28.5 Å². The van der Waals surface area contributed by atoms with Crippen LogP contribution in [0.2, 0.25) is 0 Å². The van der Waals surface area contributed by atoms with Crippen LogP contribution in [0.4, 0.5) is 5.82 Å². The predicted octanol–water partition coefficient (Wildman–Crippen LogP) is 2.83. The third kappa shape index (κ3) is 4.64. The molecule has 0 atom stereocenters. The van der Waals surface area contributed by atoms with Crippen LogP contribution in [0.25, 0.3) is 22.8 Å². The average molecular weight is 478 g/mol. The number of nitrogens with one attached hydrogen (secondary N) is 1. The standard InChI is InChI=1S/C23H23N7O3S/c1-13(2)34(31,32)17-9-7-15(8-10-17)18-12-27-22(26)20(28-18)23-30-29-19(33-23)11-14-3-5-16(6-4-14)21(24)25/h3-10,12-13H,11H2,1-2H3,(H3,24,25)(H2,26,27). The highest BCUT2D eigenvalue weighted by molar-refractivity contribution is 7.92. The van der Waals surface area contributed by atoms with Crippen molar-refractivity contribution in [3.05, 3.63) is 71.7 Å². The first-order valence-electron chi connectivity index (χ1n) is 10.4. The Labute approximate surface area is 196 Å². The van der Waals surface area contributed by atoms with Crippen molar-refractivity contribution < 1.29 is 12.8 Å². The molecular weight excluding hydrogens is 454 g/mol. The van der Waals surface area contributed by atoms with Crippen molar-refractivity contribution in [2.45, 2.75) is 30.4 Å². The van der Waals surface area contributed by atoms with Gasteiger partial charge < -0.3 is 15.9 Å². The summed E-state index contributed by atoms with van der Waals surface area (Å²) in [5.41, 5.74) is 14.4. The lowest BCUT2D eigenvalue weighted by atomic mass is 10.1. The van der Waals surface area contributed by atoms with Crippen LogP contribution in [0, 0.1) is 5.41 Å². The molecule has 34 heavy (non-hydrogen) atoms. The molecule has 2 aromatic heterocycles. The second-order valence-corrected chi connectivity index (χ2v) is 10.4. The van der Waals surface area contributed by atoms with Gasteiger partial charge in [-0.2, -0.15) is 0 Å². The zero-order valence-corrected chi connectivity index (χ0v) is 19.4. The maximum absolute atomic E-state index is 12.4. The highest BCUT2D eigenvalue weighted by Crippen LogP contribution is 2.27. The molecule has 4 rings (SSSR count). The topological polar surface area (TPSA) is 175 Å². The number of nitrogens with zero attached hydrogens (tertiary/aromatic N) is 4. The molecule has 2 aromatic carbocycles. The Morgan fingerprint density at radius 3 is 2.35 bits per heavy atom. The van der Waals surface area contributed by atoms with Crippen LogP contribution in [-0.2, 0) is 16.3 Å². The van der Waals surface area contributed by atoms with E-state index in [0.717, 1.165) is 5.56 Å². The maximum atomic E-state index is 12.4. The number of hydrogen-bond donors (Lipinski definition) is 3. The molecule has 0 saturated carbocycles. The van der Waals surface area contributed by atoms with Crippen LogP contribution in [0.3, 0.4) is 0 Å². The summed E-state index contributed by atoms with van der Waals surface area (Å²) in [6.45, 7) is 3.28. The molecule has 0 amide bonds. The van der Waals surface area contributed by atoms with E-state index in [0.29, 0.717) is 29.1 Å². The molecule has 4 aromatic rings. The normalized spacial score (nSPS) is 11.6. The molecule has 0 bridgehead atoms. The van der Waals surface area contributed by atoms with Gasteiger partial charge in [0.2, 0.25) is 5.89 Å². The molecule has 0 fully saturated rings. The average Bonchev–Trinajstić information content (AvgIpc) is 3.28. The number of anilines is 1. The fourth-order valence-electron chi connectivity index (χ4n) is 3.18. The van der Waals surface area contributed by atoms with Crippen molar-refractivity contribution in [1.29, 1.82) is 5.41 Å². The molecular formula is C23H23N7O3S. The van der Waals surface area contributed by atoms with E-state index in [4.69, 9.17) is 21.3 Å². The monoisotopic (exact) mass is 477 g/mol. The molecule has 0 aliphatic heterocycles. The van der Waals surface area contributed by atoms with Crippen LogP contribution >= 0.6 is 0 Å². The molecule has 0 aliphatic carbocycles. The first-order valence-corrected chi connectivity index (χ1v) is 11.9. The summed E-state index contributed by atoms with van der Waals surface area (Å²) in [5, 5.41) is 15.1. The largest absolute Gasteiger partial charge is 0.419 e. The fourth-order valence-corrected chi connectivity index (χ4v) is 4.24. The third-order valence-corrected chi connectivity index (χ3v) is 7.36. The van der Waals surface area contributed by atoms with E-state index in [1.807, 2.05) is 12.1 Å². The summed E-state index contributed by atoms with van der Waals surface area (Å²) in [6, 6.07) is 13.6. The Morgan fingerprint density at radius 1 is 1.06 bits per heavy atom. The van der Waals surface area contributed by atoms with Crippen LogP contribution in [0.5, 0.6) is 0 Å². The van der Waals surface area contributed by atoms with E-state index in [1.54, 1.807) is 50.2 Å². The third-order valence-electron chi connectivity index (χ3n) is 5.19. The summed E-state index contributed by atoms with van der Waals surface area (Å²) in [4.78, 5) is 8.95. The summed E-state index contributed by atoms with van der Waals surface area (Å²) in [6.07, 6.45) is 1.88. The predicted molar refractivity (Wildman–Crippen MR) is 128 cm³/mol. The van der Waals surface area contributed by atoms with Crippen molar-refractivity contribution in [1.82, 2.24) is 20.2 Å². The van der Waals surface area contributed by atoms with Gasteiger partial charge in [0.25, 0.3) is 5.89 Å². The molecule has 0 unspecified atom stereocenters. The lowest BCUT2D eigenvalue weighted by Crippen LogP contribution is -2.13. The Balaban J connectivity index is 1.58. The zero-order chi connectivity index (χ0) is 24.5. The zero-order valence-electron chi connectivity index (χ0n) is 18.6. The van der Waals surface area contributed by atoms with E-state index in [1.165, 1.54) is 6.20 Å². The van der Waals surface area contributed by atoms with E-state index in [-0.39, 0.29) is 28.1 Å². The van der Waals surface area contributed by atoms with Crippen LogP contribution in [0.1, 0.15) is 30.9 Å². The van der Waals surface area contributed by atoms with Crippen molar-refractivity contribution in [2.75, 3.05) is 5.73 Å². The smallest absolute Gasteiger partial charge is 0.270 e. The number of aromatic nitrogens is 4. The van der Waals surface area contributed by atoms with Gasteiger partial charge in [-0.05, 0) is 31.5 Å². The Hall–Kier alpha value is -4.12. The lowest BCUT2D eigenvalue weighted by molar-refractivity contribution is 0.516. The molecule has 5 N–H and O–H groups in total. The SMILES string of the molecule is CC(C)S(=O)(=O)c1ccc(-c2cnc(N)c(-c3nnc(Cc4ccc(C(=N)N)cc4)o3)n2)cc1. The van der Waals surface area contributed by atoms with E-state index in [2.05, 4.69) is 20.2 Å². The molecule has 174 valence electrons. The Bertz CT molecular complexity index is 1440. The quantitative estimate of drug-likeness (QED) is 0.267. The molecule has 10 nitrogen and oxygen atoms in total. The first kappa shape index (κ1) is 23.1. The molecule has 0 radical (unpaired) electrons. The number of rotatable bonds is 7.